The molecule has 1 amide bonds. The Hall–Kier alpha value is -1.55. The molecule has 0 saturated heterocycles. The summed E-state index contributed by atoms with van der Waals surface area (Å²) in [5.41, 5.74) is 1.37. The van der Waals surface area contributed by atoms with Crippen LogP contribution < -0.4 is 5.32 Å². The van der Waals surface area contributed by atoms with E-state index in [0.29, 0.717) is 23.4 Å². The van der Waals surface area contributed by atoms with Crippen molar-refractivity contribution >= 4 is 23.5 Å². The largest absolute Gasteiger partial charge is 0.481 e. The molecule has 0 heterocycles. The first-order valence-corrected chi connectivity index (χ1v) is 7.16. The lowest BCUT2D eigenvalue weighted by Crippen LogP contribution is -2.45. The number of benzene rings is 1. The van der Waals surface area contributed by atoms with Crippen LogP contribution in [0.5, 0.6) is 0 Å². The van der Waals surface area contributed by atoms with E-state index in [-0.39, 0.29) is 11.9 Å². The van der Waals surface area contributed by atoms with Crippen molar-refractivity contribution in [3.8, 4) is 0 Å². The molecular weight excluding hydrogens is 278 g/mol. The normalized spacial score (nSPS) is 22.3. The van der Waals surface area contributed by atoms with Crippen molar-refractivity contribution < 1.29 is 14.7 Å². The van der Waals surface area contributed by atoms with E-state index in [1.807, 2.05) is 13.0 Å². The van der Waals surface area contributed by atoms with E-state index >= 15 is 0 Å². The summed E-state index contributed by atoms with van der Waals surface area (Å²) in [4.78, 5) is 23.4. The van der Waals surface area contributed by atoms with E-state index in [4.69, 9.17) is 11.6 Å². The molecule has 2 N–H and O–H groups in total. The van der Waals surface area contributed by atoms with Crippen molar-refractivity contribution in [2.75, 3.05) is 0 Å². The molecule has 2 atom stereocenters. The Kier molecular flexibility index (Phi) is 4.65. The number of carboxylic acid groups (broad SMARTS) is 1. The average molecular weight is 296 g/mol. The first kappa shape index (κ1) is 14.9. The predicted octanol–water partition coefficient (Wildman–Crippen LogP) is 3.02. The molecular formula is C15H18ClNO3. The molecule has 0 aromatic heterocycles. The summed E-state index contributed by atoms with van der Waals surface area (Å²) in [6, 6.07) is 4.90. The molecule has 2 unspecified atom stereocenters. The van der Waals surface area contributed by atoms with Gasteiger partial charge in [-0.15, -0.1) is 0 Å². The molecule has 0 spiro atoms. The minimum Gasteiger partial charge on any atom is -0.481 e. The van der Waals surface area contributed by atoms with Gasteiger partial charge >= 0.3 is 5.97 Å². The van der Waals surface area contributed by atoms with Crippen molar-refractivity contribution in [3.63, 3.8) is 0 Å². The minimum atomic E-state index is -0.843. The first-order valence-electron chi connectivity index (χ1n) is 6.79. The highest BCUT2D eigenvalue weighted by Crippen LogP contribution is 2.25. The molecule has 0 aliphatic heterocycles. The number of nitrogens with one attached hydrogen (secondary N) is 1. The van der Waals surface area contributed by atoms with Crippen LogP contribution in [0.15, 0.2) is 18.2 Å². The lowest BCUT2D eigenvalue weighted by atomic mass is 9.84. The first-order chi connectivity index (χ1) is 9.49. The van der Waals surface area contributed by atoms with Crippen LogP contribution >= 0.6 is 11.6 Å². The third kappa shape index (κ3) is 3.31. The quantitative estimate of drug-likeness (QED) is 0.901. The summed E-state index contributed by atoms with van der Waals surface area (Å²) in [6.45, 7) is 1.90. The molecule has 1 fully saturated rings. The molecule has 1 aromatic rings. The molecule has 1 aliphatic rings. The van der Waals surface area contributed by atoms with E-state index in [1.165, 1.54) is 0 Å². The summed E-state index contributed by atoms with van der Waals surface area (Å²) >= 11 is 6.06. The maximum Gasteiger partial charge on any atom is 0.308 e. The molecule has 5 heteroatoms. The molecule has 0 radical (unpaired) electrons. The van der Waals surface area contributed by atoms with Gasteiger partial charge in [-0.25, -0.2) is 0 Å². The number of amides is 1. The smallest absolute Gasteiger partial charge is 0.308 e. The van der Waals surface area contributed by atoms with Gasteiger partial charge in [-0.05, 0) is 37.5 Å². The van der Waals surface area contributed by atoms with Gasteiger partial charge < -0.3 is 10.4 Å². The lowest BCUT2D eigenvalue weighted by molar-refractivity contribution is -0.143. The standard InChI is InChI=1S/C15H18ClNO3/c1-9-6-7-10(12(16)8-9)14(18)17-13-5-3-2-4-11(13)15(19)20/h6-8,11,13H,2-5H2,1H3,(H,17,18)(H,19,20). The van der Waals surface area contributed by atoms with Gasteiger partial charge in [0.05, 0.1) is 16.5 Å². The number of halogens is 1. The van der Waals surface area contributed by atoms with Gasteiger partial charge in [0.25, 0.3) is 5.91 Å². The third-order valence-electron chi connectivity index (χ3n) is 3.77. The van der Waals surface area contributed by atoms with Gasteiger partial charge in [-0.3, -0.25) is 9.59 Å². The second kappa shape index (κ2) is 6.27. The summed E-state index contributed by atoms with van der Waals surface area (Å²) in [5.74, 6) is -1.64. The van der Waals surface area contributed by atoms with Crippen LogP contribution in [0.2, 0.25) is 5.02 Å². The maximum absolute atomic E-state index is 12.2. The molecule has 20 heavy (non-hydrogen) atoms. The van der Waals surface area contributed by atoms with Crippen LogP contribution in [-0.4, -0.2) is 23.0 Å². The van der Waals surface area contributed by atoms with Crippen LogP contribution in [0.25, 0.3) is 0 Å². The molecule has 1 aliphatic carbocycles. The Labute approximate surface area is 123 Å². The van der Waals surface area contributed by atoms with Crippen LogP contribution in [0, 0.1) is 12.8 Å². The Morgan fingerprint density at radius 2 is 2.00 bits per heavy atom. The number of carbonyl (C=O) groups is 2. The average Bonchev–Trinajstić information content (AvgIpc) is 2.38. The Balaban J connectivity index is 2.11. The van der Waals surface area contributed by atoms with Crippen LogP contribution in [0.4, 0.5) is 0 Å². The van der Waals surface area contributed by atoms with Crippen LogP contribution in [0.3, 0.4) is 0 Å². The fourth-order valence-corrected chi connectivity index (χ4v) is 2.97. The number of aryl methyl sites for hydroxylation is 1. The third-order valence-corrected chi connectivity index (χ3v) is 4.08. The second-order valence-electron chi connectivity index (χ2n) is 5.29. The Bertz CT molecular complexity index is 530. The monoisotopic (exact) mass is 295 g/mol. The Morgan fingerprint density at radius 3 is 2.65 bits per heavy atom. The van der Waals surface area contributed by atoms with Crippen LogP contribution in [0.1, 0.15) is 41.6 Å². The zero-order valence-electron chi connectivity index (χ0n) is 11.4. The topological polar surface area (TPSA) is 66.4 Å². The van der Waals surface area contributed by atoms with Crippen molar-refractivity contribution in [2.45, 2.75) is 38.6 Å². The van der Waals surface area contributed by atoms with Gasteiger partial charge in [-0.2, -0.15) is 0 Å². The van der Waals surface area contributed by atoms with Gasteiger partial charge in [0.1, 0.15) is 0 Å². The zero-order valence-corrected chi connectivity index (χ0v) is 12.1. The summed E-state index contributed by atoms with van der Waals surface area (Å²) in [6.07, 6.45) is 3.15. The summed E-state index contributed by atoms with van der Waals surface area (Å²) in [7, 11) is 0. The van der Waals surface area contributed by atoms with Gasteiger partial charge in [0.2, 0.25) is 0 Å². The summed E-state index contributed by atoms with van der Waals surface area (Å²) in [5, 5.41) is 12.4. The zero-order chi connectivity index (χ0) is 14.7. The minimum absolute atomic E-state index is 0.298. The van der Waals surface area contributed by atoms with Gasteiger partial charge in [-0.1, -0.05) is 30.5 Å². The molecule has 108 valence electrons. The van der Waals surface area contributed by atoms with E-state index in [2.05, 4.69) is 5.32 Å². The molecule has 0 bridgehead atoms. The van der Waals surface area contributed by atoms with E-state index in [1.54, 1.807) is 12.1 Å². The number of hydrogen-bond acceptors (Lipinski definition) is 2. The molecule has 1 saturated carbocycles. The fourth-order valence-electron chi connectivity index (χ4n) is 2.65. The highest BCUT2D eigenvalue weighted by Gasteiger charge is 2.32. The molecule has 2 rings (SSSR count). The van der Waals surface area contributed by atoms with E-state index < -0.39 is 11.9 Å². The SMILES string of the molecule is Cc1ccc(C(=O)NC2CCCCC2C(=O)O)c(Cl)c1. The van der Waals surface area contributed by atoms with Gasteiger partial charge in [0.15, 0.2) is 0 Å². The van der Waals surface area contributed by atoms with Gasteiger partial charge in [0, 0.05) is 6.04 Å². The van der Waals surface area contributed by atoms with Crippen molar-refractivity contribution in [1.29, 1.82) is 0 Å². The van der Waals surface area contributed by atoms with Crippen LogP contribution in [-0.2, 0) is 4.79 Å². The molecule has 4 nitrogen and oxygen atoms in total. The number of carboxylic acids is 1. The highest BCUT2D eigenvalue weighted by molar-refractivity contribution is 6.33. The summed E-state index contributed by atoms with van der Waals surface area (Å²) < 4.78 is 0. The lowest BCUT2D eigenvalue weighted by Gasteiger charge is -2.29. The Morgan fingerprint density at radius 1 is 1.30 bits per heavy atom. The maximum atomic E-state index is 12.2. The number of rotatable bonds is 3. The molecule has 1 aromatic carbocycles. The predicted molar refractivity (Wildman–Crippen MR) is 77.0 cm³/mol. The second-order valence-corrected chi connectivity index (χ2v) is 5.70. The fraction of sp³-hybridized carbons (Fsp3) is 0.467. The van der Waals surface area contributed by atoms with E-state index in [9.17, 15) is 14.7 Å². The number of aliphatic carboxylic acids is 1. The highest BCUT2D eigenvalue weighted by atomic mass is 35.5. The van der Waals surface area contributed by atoms with Crippen molar-refractivity contribution in [2.24, 2.45) is 5.92 Å². The van der Waals surface area contributed by atoms with E-state index in [0.717, 1.165) is 18.4 Å². The number of carbonyl (C=O) groups excluding carboxylic acids is 1. The van der Waals surface area contributed by atoms with Crippen molar-refractivity contribution in [1.82, 2.24) is 5.32 Å². The number of hydrogen-bond donors (Lipinski definition) is 2. The van der Waals surface area contributed by atoms with Crippen molar-refractivity contribution in [3.05, 3.63) is 34.3 Å².